The molecule has 3 aromatic rings. The molecular formula is C31H34BrN3O4S2. The Balaban J connectivity index is 1.41. The molecule has 0 bridgehead atoms. The fraction of sp³-hybridized carbons (Fsp3) is 0.355. The highest BCUT2D eigenvalue weighted by Gasteiger charge is 2.32. The molecule has 1 aromatic heterocycles. The van der Waals surface area contributed by atoms with Crippen LogP contribution in [0, 0.1) is 0 Å². The number of para-hydroxylation sites is 1. The van der Waals surface area contributed by atoms with Gasteiger partial charge in [-0.1, -0.05) is 80.7 Å². The third kappa shape index (κ3) is 8.53. The third-order valence-corrected chi connectivity index (χ3v) is 8.87. The van der Waals surface area contributed by atoms with E-state index in [-0.39, 0.29) is 12.3 Å². The Kier molecular flexibility index (Phi) is 11.6. The number of carbonyl (C=O) groups excluding carboxylic acids is 1. The highest BCUT2D eigenvalue weighted by atomic mass is 79.9. The van der Waals surface area contributed by atoms with Crippen LogP contribution in [0.4, 0.5) is 0 Å². The number of unbranched alkanes of at least 4 members (excludes halogenated alkanes) is 7. The van der Waals surface area contributed by atoms with Crippen molar-refractivity contribution in [3.05, 3.63) is 69.7 Å². The first kappa shape index (κ1) is 31.0. The second-order valence-electron chi connectivity index (χ2n) is 9.87. The maximum absolute atomic E-state index is 13.4. The molecule has 216 valence electrons. The van der Waals surface area contributed by atoms with Crippen molar-refractivity contribution in [3.8, 4) is 22.7 Å². The predicted octanol–water partition coefficient (Wildman–Crippen LogP) is 8.11. The fourth-order valence-corrected chi connectivity index (χ4v) is 6.52. The van der Waals surface area contributed by atoms with Gasteiger partial charge in [0.25, 0.3) is 5.91 Å². The summed E-state index contributed by atoms with van der Waals surface area (Å²) in [6.07, 6.45) is 12.2. The van der Waals surface area contributed by atoms with E-state index in [9.17, 15) is 9.59 Å². The second-order valence-corrected chi connectivity index (χ2v) is 12.4. The molecule has 0 spiro atoms. The normalized spacial score (nSPS) is 14.3. The zero-order chi connectivity index (χ0) is 29.2. The average molecular weight is 657 g/mol. The highest BCUT2D eigenvalue weighted by molar-refractivity contribution is 9.10. The number of amides is 1. The molecule has 10 heteroatoms. The van der Waals surface area contributed by atoms with Gasteiger partial charge >= 0.3 is 5.97 Å². The lowest BCUT2D eigenvalue weighted by atomic mass is 10.1. The summed E-state index contributed by atoms with van der Waals surface area (Å²) in [5.74, 6) is -0.0501. The van der Waals surface area contributed by atoms with Gasteiger partial charge in [-0.2, -0.15) is 5.10 Å². The summed E-state index contributed by atoms with van der Waals surface area (Å²) < 4.78 is 8.63. The number of nitrogens with zero attached hydrogens (tertiary/aromatic N) is 3. The van der Waals surface area contributed by atoms with E-state index in [1.54, 1.807) is 12.0 Å². The summed E-state index contributed by atoms with van der Waals surface area (Å²) in [7, 11) is 1.63. The van der Waals surface area contributed by atoms with Crippen molar-refractivity contribution in [2.24, 2.45) is 0 Å². The summed E-state index contributed by atoms with van der Waals surface area (Å²) in [6, 6.07) is 15.7. The molecular weight excluding hydrogens is 622 g/mol. The Morgan fingerprint density at radius 2 is 1.73 bits per heavy atom. The molecule has 0 saturated carbocycles. The van der Waals surface area contributed by atoms with E-state index in [2.05, 4.69) is 15.9 Å². The van der Waals surface area contributed by atoms with Crippen LogP contribution < -0.4 is 4.74 Å². The van der Waals surface area contributed by atoms with Crippen LogP contribution in [0.1, 0.15) is 63.4 Å². The van der Waals surface area contributed by atoms with E-state index in [4.69, 9.17) is 27.2 Å². The van der Waals surface area contributed by atoms with Gasteiger partial charge in [0.1, 0.15) is 15.8 Å². The van der Waals surface area contributed by atoms with Gasteiger partial charge in [0.05, 0.1) is 22.2 Å². The van der Waals surface area contributed by atoms with Crippen molar-refractivity contribution in [1.82, 2.24) is 14.7 Å². The number of aromatic nitrogens is 2. The van der Waals surface area contributed by atoms with Crippen LogP contribution in [0.5, 0.6) is 5.75 Å². The molecule has 0 aliphatic carbocycles. The van der Waals surface area contributed by atoms with E-state index in [0.717, 1.165) is 84.1 Å². The maximum atomic E-state index is 13.4. The Morgan fingerprint density at radius 3 is 2.39 bits per heavy atom. The number of hydrogen-bond donors (Lipinski definition) is 1. The number of thiocarbonyl (C=S) groups is 1. The average Bonchev–Trinajstić information content (AvgIpc) is 3.50. The molecule has 2 heterocycles. The number of aliphatic carboxylic acids is 1. The second kappa shape index (κ2) is 15.3. The van der Waals surface area contributed by atoms with Crippen molar-refractivity contribution in [2.75, 3.05) is 13.7 Å². The van der Waals surface area contributed by atoms with Gasteiger partial charge in [-0.15, -0.1) is 0 Å². The lowest BCUT2D eigenvalue weighted by Crippen LogP contribution is -2.29. The Bertz CT molecular complexity index is 1410. The van der Waals surface area contributed by atoms with E-state index in [1.165, 1.54) is 11.8 Å². The van der Waals surface area contributed by atoms with E-state index < -0.39 is 5.97 Å². The molecule has 0 unspecified atom stereocenters. The van der Waals surface area contributed by atoms with Crippen LogP contribution in [0.2, 0.25) is 0 Å². The summed E-state index contributed by atoms with van der Waals surface area (Å²) in [6.45, 7) is 0.613. The van der Waals surface area contributed by atoms with Gasteiger partial charge in [-0.25, -0.2) is 4.68 Å². The molecule has 0 radical (unpaired) electrons. The first-order valence-corrected chi connectivity index (χ1v) is 15.9. The fourth-order valence-electron chi connectivity index (χ4n) is 4.68. The zero-order valence-electron chi connectivity index (χ0n) is 23.1. The largest absolute Gasteiger partial charge is 0.496 e. The van der Waals surface area contributed by atoms with Gasteiger partial charge in [-0.05, 0) is 65.2 Å². The van der Waals surface area contributed by atoms with Crippen molar-refractivity contribution in [2.45, 2.75) is 57.8 Å². The Labute approximate surface area is 259 Å². The Morgan fingerprint density at radius 1 is 1.05 bits per heavy atom. The molecule has 4 rings (SSSR count). The lowest BCUT2D eigenvalue weighted by molar-refractivity contribution is -0.137. The van der Waals surface area contributed by atoms with Crippen LogP contribution in [-0.2, 0) is 9.59 Å². The third-order valence-electron chi connectivity index (χ3n) is 6.87. The van der Waals surface area contributed by atoms with Crippen molar-refractivity contribution < 1.29 is 19.4 Å². The number of carbonyl (C=O) groups is 2. The molecule has 0 atom stereocenters. The van der Waals surface area contributed by atoms with E-state index >= 15 is 0 Å². The number of hydrogen-bond acceptors (Lipinski definition) is 6. The number of ether oxygens (including phenoxy) is 1. The molecule has 1 saturated heterocycles. The summed E-state index contributed by atoms with van der Waals surface area (Å²) >= 11 is 10.5. The van der Waals surface area contributed by atoms with Gasteiger partial charge in [0.15, 0.2) is 0 Å². The van der Waals surface area contributed by atoms with Crippen LogP contribution in [0.25, 0.3) is 23.0 Å². The van der Waals surface area contributed by atoms with Gasteiger partial charge in [0, 0.05) is 30.3 Å². The van der Waals surface area contributed by atoms with Crippen molar-refractivity contribution >= 4 is 62.2 Å². The summed E-state index contributed by atoms with van der Waals surface area (Å²) in [5.41, 5.74) is 3.41. The monoisotopic (exact) mass is 655 g/mol. The standard InChI is InChI=1S/C31H34BrN3O4S2/c1-39-26-17-16-22(19-25(26)32)29-23(21-35(33-29)24-13-9-8-10-14-24)20-27-30(38)34(31(40)41-27)18-12-7-5-3-2-4-6-11-15-28(36)37/h8-10,13-14,16-17,19-21H,2-7,11-12,15,18H2,1H3,(H,36,37)/b27-20+. The first-order chi connectivity index (χ1) is 19.9. The van der Waals surface area contributed by atoms with Crippen molar-refractivity contribution in [3.63, 3.8) is 0 Å². The highest BCUT2D eigenvalue weighted by Crippen LogP contribution is 2.36. The number of methoxy groups -OCH3 is 1. The minimum absolute atomic E-state index is 0.0623. The van der Waals surface area contributed by atoms with Crippen molar-refractivity contribution in [1.29, 1.82) is 0 Å². The topological polar surface area (TPSA) is 84.7 Å². The van der Waals surface area contributed by atoms with Crippen LogP contribution >= 0.6 is 39.9 Å². The first-order valence-electron chi connectivity index (χ1n) is 13.8. The summed E-state index contributed by atoms with van der Waals surface area (Å²) in [4.78, 5) is 26.2. The van der Waals surface area contributed by atoms with E-state index in [1.807, 2.05) is 65.5 Å². The molecule has 1 fully saturated rings. The number of benzene rings is 2. The maximum Gasteiger partial charge on any atom is 0.303 e. The predicted molar refractivity (Wildman–Crippen MR) is 172 cm³/mol. The Hall–Kier alpha value is -2.95. The number of carboxylic acids is 1. The van der Waals surface area contributed by atoms with E-state index in [0.29, 0.717) is 15.8 Å². The minimum atomic E-state index is -0.719. The SMILES string of the molecule is COc1ccc(-c2nn(-c3ccccc3)cc2/C=C2/SC(=S)N(CCCCCCCCCCC(=O)O)C2=O)cc1Br. The summed E-state index contributed by atoms with van der Waals surface area (Å²) in [5, 5.41) is 13.6. The molecule has 1 aliphatic rings. The molecule has 1 amide bonds. The molecule has 1 N–H and O–H groups in total. The quantitative estimate of drug-likeness (QED) is 0.101. The van der Waals surface area contributed by atoms with Crippen LogP contribution in [0.3, 0.4) is 0 Å². The molecule has 41 heavy (non-hydrogen) atoms. The number of rotatable bonds is 15. The van der Waals surface area contributed by atoms with Crippen LogP contribution in [0.15, 0.2) is 64.1 Å². The van der Waals surface area contributed by atoms with Gasteiger partial charge < -0.3 is 9.84 Å². The van der Waals surface area contributed by atoms with Gasteiger partial charge in [-0.3, -0.25) is 14.5 Å². The smallest absolute Gasteiger partial charge is 0.303 e. The number of thioether (sulfide) groups is 1. The molecule has 2 aromatic carbocycles. The molecule has 1 aliphatic heterocycles. The lowest BCUT2D eigenvalue weighted by Gasteiger charge is -2.14. The molecule has 7 nitrogen and oxygen atoms in total. The van der Waals surface area contributed by atoms with Crippen LogP contribution in [-0.4, -0.2) is 49.6 Å². The number of halogens is 1. The number of carboxylic acid groups (broad SMARTS) is 1. The van der Waals surface area contributed by atoms with Gasteiger partial charge in [0.2, 0.25) is 0 Å². The zero-order valence-corrected chi connectivity index (χ0v) is 26.3. The minimum Gasteiger partial charge on any atom is -0.496 e.